The summed E-state index contributed by atoms with van der Waals surface area (Å²) in [5.74, 6) is 2.04. The van der Waals surface area contributed by atoms with Gasteiger partial charge in [-0.15, -0.1) is 0 Å². The van der Waals surface area contributed by atoms with Gasteiger partial charge >= 0.3 is 0 Å². The van der Waals surface area contributed by atoms with Crippen LogP contribution in [0.2, 0.25) is 0 Å². The first-order valence-electron chi connectivity index (χ1n) is 15.5. The molecule has 0 aromatic carbocycles. The second-order valence-corrected chi connectivity index (χ2v) is 14.0. The molecule has 0 amide bonds. The van der Waals surface area contributed by atoms with Gasteiger partial charge in [0.2, 0.25) is 0 Å². The minimum absolute atomic E-state index is 0.187. The lowest BCUT2D eigenvalue weighted by Gasteiger charge is -2.68. The van der Waals surface area contributed by atoms with Crippen LogP contribution in [0.4, 0.5) is 0 Å². The van der Waals surface area contributed by atoms with Crippen LogP contribution < -0.4 is 0 Å². The molecule has 0 N–H and O–H groups in total. The van der Waals surface area contributed by atoms with E-state index in [1.807, 2.05) is 0 Å². The molecule has 2 nitrogen and oxygen atoms in total. The molecule has 0 bridgehead atoms. The Hall–Kier alpha value is -1.12. The predicted octanol–water partition coefficient (Wildman–Crippen LogP) is 8.41. The summed E-state index contributed by atoms with van der Waals surface area (Å²) >= 11 is 0. The van der Waals surface area contributed by atoms with Gasteiger partial charge in [0.05, 0.1) is 17.7 Å². The maximum absolute atomic E-state index is 7.26. The van der Waals surface area contributed by atoms with E-state index in [1.165, 1.54) is 57.8 Å². The van der Waals surface area contributed by atoms with Gasteiger partial charge in [-0.2, -0.15) is 0 Å². The van der Waals surface area contributed by atoms with Crippen molar-refractivity contribution in [1.29, 1.82) is 0 Å². The Balaban J connectivity index is 1.39. The average molecular weight is 490 g/mol. The zero-order valence-electron chi connectivity index (χ0n) is 24.2. The lowest BCUT2D eigenvalue weighted by molar-refractivity contribution is -0.111. The fraction of sp³-hybridized carbons (Fsp3) is 0.765. The van der Waals surface area contributed by atoms with E-state index in [0.29, 0.717) is 36.0 Å². The van der Waals surface area contributed by atoms with Gasteiger partial charge in [0, 0.05) is 18.0 Å². The smallest absolute Gasteiger partial charge is 0.0801 e. The summed E-state index contributed by atoms with van der Waals surface area (Å²) < 4.78 is 7.26. The Morgan fingerprint density at radius 2 is 1.86 bits per heavy atom. The number of allylic oxidation sites excluding steroid dienone is 2. The van der Waals surface area contributed by atoms with E-state index < -0.39 is 0 Å². The molecule has 3 heterocycles. The van der Waals surface area contributed by atoms with Crippen molar-refractivity contribution < 1.29 is 4.74 Å². The first-order valence-corrected chi connectivity index (χ1v) is 15.5. The zero-order chi connectivity index (χ0) is 25.5. The summed E-state index contributed by atoms with van der Waals surface area (Å²) in [5, 5.41) is 0. The SMILES string of the molecule is CCC12C=CC1(CC)N1CC3OC(C4=C(C(C)C)CCCC4C(C)C)CC3(C)CC1C1=C2CCC=C1. The van der Waals surface area contributed by atoms with E-state index in [2.05, 4.69) is 77.7 Å². The summed E-state index contributed by atoms with van der Waals surface area (Å²) in [4.78, 5) is 2.94. The monoisotopic (exact) mass is 489 g/mol. The minimum atomic E-state index is 0.187. The molecule has 3 aliphatic heterocycles. The fourth-order valence-corrected chi connectivity index (χ4v) is 9.95. The standard InChI is InChI=1S/C34H51NO/c1-8-33-17-18-34(33,9-2)35-21-30-32(7,19-28(35)26-13-10-11-16-27(26)33)20-29(36-30)31-24(22(3)4)14-12-15-25(31)23(5)6/h10,13,17-18,22-24,28-30H,8-9,11-12,14-16,19-21H2,1-7H3. The third-order valence-corrected chi connectivity index (χ3v) is 11.9. The number of hydrogen-bond donors (Lipinski definition) is 0. The van der Waals surface area contributed by atoms with Crippen LogP contribution in [0.5, 0.6) is 0 Å². The molecule has 36 heavy (non-hydrogen) atoms. The quantitative estimate of drug-likeness (QED) is 0.359. The van der Waals surface area contributed by atoms with Gasteiger partial charge in [0.15, 0.2) is 0 Å². The predicted molar refractivity (Wildman–Crippen MR) is 151 cm³/mol. The Bertz CT molecular complexity index is 1030. The van der Waals surface area contributed by atoms with Crippen LogP contribution in [0.3, 0.4) is 0 Å². The lowest BCUT2D eigenvalue weighted by atomic mass is 9.48. The van der Waals surface area contributed by atoms with E-state index in [-0.39, 0.29) is 16.4 Å². The molecule has 7 atom stereocenters. The summed E-state index contributed by atoms with van der Waals surface area (Å²) in [7, 11) is 0. The highest BCUT2D eigenvalue weighted by Crippen LogP contribution is 2.65. The number of nitrogens with zero attached hydrogens (tertiary/aromatic N) is 1. The van der Waals surface area contributed by atoms with Gasteiger partial charge < -0.3 is 4.74 Å². The summed E-state index contributed by atoms with van der Waals surface area (Å²) in [6.07, 6.45) is 22.2. The second-order valence-electron chi connectivity index (χ2n) is 14.0. The molecule has 0 radical (unpaired) electrons. The Morgan fingerprint density at radius 3 is 2.50 bits per heavy atom. The number of ether oxygens (including phenoxy) is 1. The number of piperidine rings is 1. The number of fused-ring (bicyclic) bond motifs is 6. The van der Waals surface area contributed by atoms with Crippen LogP contribution in [0.1, 0.15) is 106 Å². The molecule has 2 heteroatoms. The van der Waals surface area contributed by atoms with Crippen LogP contribution in [0, 0.1) is 28.6 Å². The summed E-state index contributed by atoms with van der Waals surface area (Å²) in [6.45, 7) is 18.3. The second kappa shape index (κ2) is 8.70. The highest BCUT2D eigenvalue weighted by molar-refractivity contribution is 5.54. The van der Waals surface area contributed by atoms with E-state index in [4.69, 9.17) is 4.74 Å². The van der Waals surface area contributed by atoms with E-state index in [0.717, 1.165) is 6.54 Å². The molecule has 2 fully saturated rings. The van der Waals surface area contributed by atoms with Crippen molar-refractivity contribution in [3.63, 3.8) is 0 Å². The Morgan fingerprint density at radius 1 is 1.06 bits per heavy atom. The summed E-state index contributed by atoms with van der Waals surface area (Å²) in [5.41, 5.74) is 7.62. The fourth-order valence-electron chi connectivity index (χ4n) is 9.95. The van der Waals surface area contributed by atoms with Crippen LogP contribution in [0.25, 0.3) is 0 Å². The maximum atomic E-state index is 7.26. The van der Waals surface area contributed by atoms with Gasteiger partial charge in [-0.05, 0) is 92.1 Å². The first kappa shape index (κ1) is 25.2. The summed E-state index contributed by atoms with van der Waals surface area (Å²) in [6, 6.07) is 0.551. The van der Waals surface area contributed by atoms with Gasteiger partial charge in [0.1, 0.15) is 0 Å². The van der Waals surface area contributed by atoms with Crippen LogP contribution in [0.15, 0.2) is 46.6 Å². The van der Waals surface area contributed by atoms with Crippen molar-refractivity contribution in [3.8, 4) is 0 Å². The molecule has 6 rings (SSSR count). The van der Waals surface area contributed by atoms with Crippen molar-refractivity contribution in [2.24, 2.45) is 28.6 Å². The molecule has 3 aliphatic carbocycles. The van der Waals surface area contributed by atoms with E-state index in [9.17, 15) is 0 Å². The van der Waals surface area contributed by atoms with Crippen molar-refractivity contribution in [3.05, 3.63) is 46.6 Å². The molecule has 0 saturated carbocycles. The molecule has 0 spiro atoms. The van der Waals surface area contributed by atoms with Gasteiger partial charge in [-0.1, -0.05) is 83.9 Å². The maximum Gasteiger partial charge on any atom is 0.0801 e. The highest BCUT2D eigenvalue weighted by Gasteiger charge is 2.66. The lowest BCUT2D eigenvalue weighted by Crippen LogP contribution is -2.72. The van der Waals surface area contributed by atoms with Gasteiger partial charge in [-0.25, -0.2) is 0 Å². The van der Waals surface area contributed by atoms with Crippen molar-refractivity contribution in [2.75, 3.05) is 6.54 Å². The molecule has 7 unspecified atom stereocenters. The largest absolute Gasteiger partial charge is 0.369 e. The van der Waals surface area contributed by atoms with Crippen LogP contribution >= 0.6 is 0 Å². The first-order chi connectivity index (χ1) is 17.2. The van der Waals surface area contributed by atoms with Crippen molar-refractivity contribution in [1.82, 2.24) is 4.90 Å². The zero-order valence-corrected chi connectivity index (χ0v) is 24.2. The molecule has 0 aromatic heterocycles. The van der Waals surface area contributed by atoms with Crippen LogP contribution in [-0.4, -0.2) is 35.2 Å². The average Bonchev–Trinajstić information content (AvgIpc) is 3.19. The molecule has 6 aliphatic rings. The molecule has 198 valence electrons. The molecule has 2 saturated heterocycles. The third kappa shape index (κ3) is 3.22. The van der Waals surface area contributed by atoms with E-state index in [1.54, 1.807) is 22.3 Å². The van der Waals surface area contributed by atoms with Crippen molar-refractivity contribution >= 4 is 0 Å². The van der Waals surface area contributed by atoms with E-state index >= 15 is 0 Å². The molecular formula is C34H51NO. The topological polar surface area (TPSA) is 12.5 Å². The van der Waals surface area contributed by atoms with Gasteiger partial charge in [-0.3, -0.25) is 4.90 Å². The normalized spacial score (nSPS) is 44.0. The Kier molecular flexibility index (Phi) is 6.08. The molecule has 0 aromatic rings. The highest BCUT2D eigenvalue weighted by atomic mass is 16.5. The minimum Gasteiger partial charge on any atom is -0.369 e. The molecular weight excluding hydrogens is 438 g/mol. The number of hydrogen-bond acceptors (Lipinski definition) is 2. The number of rotatable bonds is 5. The van der Waals surface area contributed by atoms with Crippen molar-refractivity contribution in [2.45, 2.75) is 130 Å². The van der Waals surface area contributed by atoms with Gasteiger partial charge in [0.25, 0.3) is 0 Å². The van der Waals surface area contributed by atoms with Crippen LogP contribution in [-0.2, 0) is 4.74 Å². The third-order valence-electron chi connectivity index (χ3n) is 11.9. The Labute approximate surface area is 221 Å².